The van der Waals surface area contributed by atoms with Gasteiger partial charge in [0.05, 0.1) is 19.8 Å². The molecule has 1 N–H and O–H groups in total. The van der Waals surface area contributed by atoms with Crippen molar-refractivity contribution in [2.24, 2.45) is 7.05 Å². The number of hydrogen-bond acceptors (Lipinski definition) is 5. The van der Waals surface area contributed by atoms with E-state index in [1.54, 1.807) is 7.11 Å². The summed E-state index contributed by atoms with van der Waals surface area (Å²) in [7, 11) is 3.73. The zero-order valence-corrected chi connectivity index (χ0v) is 14.7. The van der Waals surface area contributed by atoms with Crippen LogP contribution < -0.4 is 14.8 Å². The van der Waals surface area contributed by atoms with Gasteiger partial charge in [0.1, 0.15) is 5.82 Å². The van der Waals surface area contributed by atoms with Crippen LogP contribution in [-0.2, 0) is 13.6 Å². The molecule has 1 fully saturated rings. The largest absolute Gasteiger partial charge is 0.493 e. The molecule has 0 spiro atoms. The molecule has 6 heteroatoms. The average Bonchev–Trinajstić information content (AvgIpc) is 3.03. The molecule has 0 radical (unpaired) electrons. The summed E-state index contributed by atoms with van der Waals surface area (Å²) in [5.74, 6) is 2.68. The maximum Gasteiger partial charge on any atom is 0.161 e. The molecule has 1 atom stereocenters. The fourth-order valence-corrected chi connectivity index (χ4v) is 3.21. The number of aromatic nitrogens is 2. The van der Waals surface area contributed by atoms with E-state index in [-0.39, 0.29) is 6.04 Å². The molecule has 1 aliphatic heterocycles. The van der Waals surface area contributed by atoms with Gasteiger partial charge in [-0.1, -0.05) is 6.07 Å². The molecule has 130 valence electrons. The molecule has 0 amide bonds. The second kappa shape index (κ2) is 7.68. The maximum atomic E-state index is 5.61. The smallest absolute Gasteiger partial charge is 0.161 e. The molecular formula is C18H26N4O2. The van der Waals surface area contributed by atoms with Gasteiger partial charge in [-0.15, -0.1) is 0 Å². The summed E-state index contributed by atoms with van der Waals surface area (Å²) in [6.07, 6.45) is 3.87. The average molecular weight is 330 g/mol. The molecule has 2 aromatic rings. The third-order valence-electron chi connectivity index (χ3n) is 4.42. The quantitative estimate of drug-likeness (QED) is 0.878. The van der Waals surface area contributed by atoms with E-state index in [4.69, 9.17) is 9.47 Å². The fourth-order valence-electron chi connectivity index (χ4n) is 3.21. The van der Waals surface area contributed by atoms with Crippen molar-refractivity contribution in [3.8, 4) is 11.5 Å². The molecule has 0 aliphatic carbocycles. The van der Waals surface area contributed by atoms with Gasteiger partial charge in [-0.3, -0.25) is 4.90 Å². The van der Waals surface area contributed by atoms with E-state index >= 15 is 0 Å². The van der Waals surface area contributed by atoms with Crippen molar-refractivity contribution in [1.29, 1.82) is 0 Å². The van der Waals surface area contributed by atoms with Gasteiger partial charge in [-0.05, 0) is 24.6 Å². The molecule has 6 nitrogen and oxygen atoms in total. The van der Waals surface area contributed by atoms with Crippen molar-refractivity contribution < 1.29 is 9.47 Å². The molecule has 1 aromatic heterocycles. The number of nitrogens with zero attached hydrogens (tertiary/aromatic N) is 3. The second-order valence-electron chi connectivity index (χ2n) is 6.00. The first-order valence-electron chi connectivity index (χ1n) is 8.44. The summed E-state index contributed by atoms with van der Waals surface area (Å²) in [6, 6.07) is 6.46. The predicted molar refractivity (Wildman–Crippen MR) is 93.4 cm³/mol. The monoisotopic (exact) mass is 330 g/mol. The first-order valence-corrected chi connectivity index (χ1v) is 8.44. The van der Waals surface area contributed by atoms with Crippen molar-refractivity contribution >= 4 is 0 Å². The van der Waals surface area contributed by atoms with Gasteiger partial charge < -0.3 is 19.4 Å². The van der Waals surface area contributed by atoms with Crippen molar-refractivity contribution in [2.75, 3.05) is 33.4 Å². The minimum absolute atomic E-state index is 0.274. The van der Waals surface area contributed by atoms with Crippen LogP contribution in [0.3, 0.4) is 0 Å². The van der Waals surface area contributed by atoms with Crippen LogP contribution in [0.25, 0.3) is 0 Å². The van der Waals surface area contributed by atoms with Gasteiger partial charge >= 0.3 is 0 Å². The molecule has 2 heterocycles. The number of imidazole rings is 1. The first kappa shape index (κ1) is 16.8. The first-order chi connectivity index (χ1) is 11.7. The Kier molecular flexibility index (Phi) is 5.37. The predicted octanol–water partition coefficient (Wildman–Crippen LogP) is 1.97. The lowest BCUT2D eigenvalue weighted by Gasteiger charge is -2.35. The van der Waals surface area contributed by atoms with Crippen molar-refractivity contribution in [3.05, 3.63) is 42.0 Å². The van der Waals surface area contributed by atoms with E-state index in [2.05, 4.69) is 38.9 Å². The van der Waals surface area contributed by atoms with Crippen molar-refractivity contribution in [3.63, 3.8) is 0 Å². The highest BCUT2D eigenvalue weighted by Crippen LogP contribution is 2.30. The van der Waals surface area contributed by atoms with E-state index < -0.39 is 0 Å². The normalized spacial score (nSPS) is 18.5. The van der Waals surface area contributed by atoms with Gasteiger partial charge in [0.25, 0.3) is 0 Å². The molecule has 1 unspecified atom stereocenters. The highest BCUT2D eigenvalue weighted by molar-refractivity contribution is 5.43. The Hall–Kier alpha value is -2.05. The number of aryl methyl sites for hydroxylation is 1. The zero-order valence-electron chi connectivity index (χ0n) is 14.7. The summed E-state index contributed by atoms with van der Waals surface area (Å²) >= 11 is 0. The SMILES string of the molecule is CCOc1ccc(CN2CCNCC2c2nccn2C)cc1OC. The van der Waals surface area contributed by atoms with Gasteiger partial charge in [-0.2, -0.15) is 0 Å². The Morgan fingerprint density at radius 3 is 2.92 bits per heavy atom. The number of nitrogens with one attached hydrogen (secondary N) is 1. The van der Waals surface area contributed by atoms with Gasteiger partial charge in [0.2, 0.25) is 0 Å². The van der Waals surface area contributed by atoms with E-state index in [1.807, 2.05) is 25.4 Å². The Balaban J connectivity index is 1.79. The summed E-state index contributed by atoms with van der Waals surface area (Å²) in [4.78, 5) is 7.01. The Morgan fingerprint density at radius 1 is 1.33 bits per heavy atom. The lowest BCUT2D eigenvalue weighted by molar-refractivity contribution is 0.144. The van der Waals surface area contributed by atoms with Crippen LogP contribution in [0.5, 0.6) is 11.5 Å². The molecular weight excluding hydrogens is 304 g/mol. The Bertz CT molecular complexity index is 671. The van der Waals surface area contributed by atoms with E-state index in [0.29, 0.717) is 6.61 Å². The fraction of sp³-hybridized carbons (Fsp3) is 0.500. The summed E-state index contributed by atoms with van der Waals surface area (Å²) < 4.78 is 13.2. The van der Waals surface area contributed by atoms with Crippen LogP contribution in [0, 0.1) is 0 Å². The topological polar surface area (TPSA) is 51.5 Å². The molecule has 0 saturated carbocycles. The van der Waals surface area contributed by atoms with Crippen LogP contribution in [0.2, 0.25) is 0 Å². The number of piperazine rings is 1. The number of hydrogen-bond donors (Lipinski definition) is 1. The van der Waals surface area contributed by atoms with Crippen molar-refractivity contribution in [1.82, 2.24) is 19.8 Å². The van der Waals surface area contributed by atoms with Crippen LogP contribution in [0.1, 0.15) is 24.4 Å². The van der Waals surface area contributed by atoms with Crippen LogP contribution in [0.15, 0.2) is 30.6 Å². The summed E-state index contributed by atoms with van der Waals surface area (Å²) in [5, 5.41) is 3.47. The molecule has 1 saturated heterocycles. The molecule has 24 heavy (non-hydrogen) atoms. The number of ether oxygens (including phenoxy) is 2. The minimum atomic E-state index is 0.274. The van der Waals surface area contributed by atoms with E-state index in [9.17, 15) is 0 Å². The summed E-state index contributed by atoms with van der Waals surface area (Å²) in [6.45, 7) is 6.38. The lowest BCUT2D eigenvalue weighted by Crippen LogP contribution is -2.46. The zero-order chi connectivity index (χ0) is 16.9. The van der Waals surface area contributed by atoms with Gasteiger partial charge in [0.15, 0.2) is 11.5 Å². The Labute approximate surface area is 143 Å². The maximum absolute atomic E-state index is 5.61. The second-order valence-corrected chi connectivity index (χ2v) is 6.00. The highest BCUT2D eigenvalue weighted by Gasteiger charge is 2.26. The third-order valence-corrected chi connectivity index (χ3v) is 4.42. The van der Waals surface area contributed by atoms with Crippen molar-refractivity contribution in [2.45, 2.75) is 19.5 Å². The van der Waals surface area contributed by atoms with Crippen LogP contribution in [-0.4, -0.2) is 47.8 Å². The number of benzene rings is 1. The number of rotatable bonds is 6. The van der Waals surface area contributed by atoms with Crippen LogP contribution in [0.4, 0.5) is 0 Å². The Morgan fingerprint density at radius 2 is 2.21 bits per heavy atom. The number of methoxy groups -OCH3 is 1. The van der Waals surface area contributed by atoms with Gasteiger partial charge in [-0.25, -0.2) is 4.98 Å². The standard InChI is InChI=1S/C18H26N4O2/c1-4-24-16-6-5-14(11-17(16)23-3)13-22-10-7-19-12-15(22)18-20-8-9-21(18)2/h5-6,8-9,11,15,19H,4,7,10,12-13H2,1-3H3. The highest BCUT2D eigenvalue weighted by atomic mass is 16.5. The van der Waals surface area contributed by atoms with Crippen LogP contribution >= 0.6 is 0 Å². The molecule has 1 aromatic carbocycles. The molecule has 0 bridgehead atoms. The minimum Gasteiger partial charge on any atom is -0.493 e. The van der Waals surface area contributed by atoms with E-state index in [0.717, 1.165) is 43.5 Å². The van der Waals surface area contributed by atoms with Gasteiger partial charge in [0, 0.05) is 45.6 Å². The van der Waals surface area contributed by atoms with E-state index in [1.165, 1.54) is 5.56 Å². The molecule has 3 rings (SSSR count). The third kappa shape index (κ3) is 3.55. The molecule has 1 aliphatic rings. The lowest BCUT2D eigenvalue weighted by atomic mass is 10.1. The summed E-state index contributed by atoms with van der Waals surface area (Å²) in [5.41, 5.74) is 1.22.